The Morgan fingerprint density at radius 1 is 1.05 bits per heavy atom. The van der Waals surface area contributed by atoms with Crippen LogP contribution >= 0.6 is 11.8 Å². The van der Waals surface area contributed by atoms with Gasteiger partial charge in [0.15, 0.2) is 0 Å². The number of halogens is 1. The molecule has 0 radical (unpaired) electrons. The van der Waals surface area contributed by atoms with Crippen LogP contribution in [0.2, 0.25) is 0 Å². The molecule has 1 aliphatic carbocycles. The van der Waals surface area contributed by atoms with Crippen LogP contribution in [-0.2, 0) is 18.6 Å². The van der Waals surface area contributed by atoms with E-state index in [1.165, 1.54) is 48.1 Å². The molecule has 0 unspecified atom stereocenters. The second kappa shape index (κ2) is 5.25. The third kappa shape index (κ3) is 2.76. The number of anilines is 1. The molecule has 1 aliphatic rings. The second-order valence-electron chi connectivity index (χ2n) is 4.93. The first-order valence-corrected chi connectivity index (χ1v) is 7.49. The first-order valence-electron chi connectivity index (χ1n) is 6.51. The van der Waals surface area contributed by atoms with Crippen molar-refractivity contribution >= 4 is 17.4 Å². The summed E-state index contributed by atoms with van der Waals surface area (Å²) >= 11 is 1.59. The highest BCUT2D eigenvalue weighted by molar-refractivity contribution is 7.98. The van der Waals surface area contributed by atoms with E-state index in [0.29, 0.717) is 5.69 Å². The van der Waals surface area contributed by atoms with Gasteiger partial charge in [-0.2, -0.15) is 0 Å². The molecule has 0 fully saturated rings. The van der Waals surface area contributed by atoms with Crippen LogP contribution in [0.15, 0.2) is 41.3 Å². The van der Waals surface area contributed by atoms with Gasteiger partial charge in [0.05, 0.1) is 0 Å². The lowest BCUT2D eigenvalue weighted by Crippen LogP contribution is -1.91. The van der Waals surface area contributed by atoms with Crippen molar-refractivity contribution in [1.82, 2.24) is 0 Å². The maximum Gasteiger partial charge on any atom is 0.124 e. The lowest BCUT2D eigenvalue weighted by molar-refractivity contribution is 0.624. The van der Waals surface area contributed by atoms with E-state index in [1.54, 1.807) is 17.8 Å². The fraction of sp³-hybridized carbons (Fsp3) is 0.250. The van der Waals surface area contributed by atoms with Crippen molar-refractivity contribution in [3.05, 3.63) is 58.9 Å². The topological polar surface area (TPSA) is 26.0 Å². The van der Waals surface area contributed by atoms with Crippen LogP contribution in [0.3, 0.4) is 0 Å². The van der Waals surface area contributed by atoms with E-state index in [1.807, 2.05) is 0 Å². The number of hydrogen-bond acceptors (Lipinski definition) is 2. The van der Waals surface area contributed by atoms with E-state index in [9.17, 15) is 4.39 Å². The van der Waals surface area contributed by atoms with E-state index < -0.39 is 0 Å². The molecule has 2 aromatic rings. The summed E-state index contributed by atoms with van der Waals surface area (Å²) in [5, 5.41) is 0. The van der Waals surface area contributed by atoms with Crippen LogP contribution < -0.4 is 5.73 Å². The molecule has 0 atom stereocenters. The normalized spacial score (nSPS) is 13.5. The molecule has 0 heterocycles. The van der Waals surface area contributed by atoms with Gasteiger partial charge in [0.25, 0.3) is 0 Å². The minimum absolute atomic E-state index is 0.231. The van der Waals surface area contributed by atoms with Gasteiger partial charge in [-0.25, -0.2) is 4.39 Å². The summed E-state index contributed by atoms with van der Waals surface area (Å²) in [4.78, 5) is 0.820. The molecular weight excluding hydrogens is 257 g/mol. The Hall–Kier alpha value is -1.48. The number of aryl methyl sites for hydroxylation is 2. The van der Waals surface area contributed by atoms with Crippen molar-refractivity contribution in [2.24, 2.45) is 0 Å². The van der Waals surface area contributed by atoms with Crippen LogP contribution in [0.4, 0.5) is 10.1 Å². The zero-order chi connectivity index (χ0) is 13.2. The van der Waals surface area contributed by atoms with Crippen molar-refractivity contribution in [3.8, 4) is 0 Å². The molecule has 0 aliphatic heterocycles. The number of fused-ring (bicyclic) bond motifs is 1. The van der Waals surface area contributed by atoms with Gasteiger partial charge < -0.3 is 5.73 Å². The van der Waals surface area contributed by atoms with Crippen LogP contribution in [0.5, 0.6) is 0 Å². The number of nitrogens with two attached hydrogens (primary N) is 1. The first kappa shape index (κ1) is 12.5. The molecule has 0 saturated heterocycles. The van der Waals surface area contributed by atoms with Gasteiger partial charge in [-0.15, -0.1) is 11.8 Å². The predicted molar refractivity (Wildman–Crippen MR) is 78.8 cm³/mol. The zero-order valence-electron chi connectivity index (χ0n) is 10.7. The Morgan fingerprint density at radius 3 is 2.79 bits per heavy atom. The van der Waals surface area contributed by atoms with Gasteiger partial charge in [-0.3, -0.25) is 0 Å². The molecule has 2 N–H and O–H groups in total. The predicted octanol–water partition coefficient (Wildman–Crippen LogP) is 4.19. The SMILES string of the molecule is Nc1ccc(F)cc1SCc1ccc2c(c1)CCC2. The third-order valence-electron chi connectivity index (χ3n) is 3.53. The fourth-order valence-corrected chi connectivity index (χ4v) is 3.44. The van der Waals surface area contributed by atoms with E-state index in [2.05, 4.69) is 18.2 Å². The standard InChI is InChI=1S/C16H16FNS/c17-14-6-7-15(18)16(9-14)19-10-11-4-5-12-2-1-3-13(12)8-11/h4-9H,1-3,10,18H2. The highest BCUT2D eigenvalue weighted by Gasteiger charge is 2.11. The van der Waals surface area contributed by atoms with Crippen molar-refractivity contribution < 1.29 is 4.39 Å². The van der Waals surface area contributed by atoms with Crippen LogP contribution in [-0.4, -0.2) is 0 Å². The molecule has 3 heteroatoms. The lowest BCUT2D eigenvalue weighted by atomic mass is 10.1. The zero-order valence-corrected chi connectivity index (χ0v) is 11.5. The molecule has 98 valence electrons. The van der Waals surface area contributed by atoms with E-state index in [-0.39, 0.29) is 5.82 Å². The summed E-state index contributed by atoms with van der Waals surface area (Å²) in [7, 11) is 0. The molecule has 0 amide bonds. The van der Waals surface area contributed by atoms with E-state index in [0.717, 1.165) is 10.6 Å². The van der Waals surface area contributed by atoms with Gasteiger partial charge in [0, 0.05) is 16.3 Å². The van der Waals surface area contributed by atoms with Gasteiger partial charge in [0.2, 0.25) is 0 Å². The van der Waals surface area contributed by atoms with Crippen molar-refractivity contribution in [2.75, 3.05) is 5.73 Å². The summed E-state index contributed by atoms with van der Waals surface area (Å²) in [6.45, 7) is 0. The average Bonchev–Trinajstić information content (AvgIpc) is 2.87. The maximum atomic E-state index is 13.2. The van der Waals surface area contributed by atoms with Crippen LogP contribution in [0.1, 0.15) is 23.1 Å². The van der Waals surface area contributed by atoms with Crippen molar-refractivity contribution in [3.63, 3.8) is 0 Å². The summed E-state index contributed by atoms with van der Waals surface area (Å²) in [6, 6.07) is 11.2. The third-order valence-corrected chi connectivity index (χ3v) is 4.68. The summed E-state index contributed by atoms with van der Waals surface area (Å²) < 4.78 is 13.2. The summed E-state index contributed by atoms with van der Waals surface area (Å²) in [6.07, 6.45) is 3.66. The minimum atomic E-state index is -0.231. The Balaban J connectivity index is 1.74. The summed E-state index contributed by atoms with van der Waals surface area (Å²) in [5.41, 5.74) is 10.8. The Labute approximate surface area is 117 Å². The smallest absolute Gasteiger partial charge is 0.124 e. The monoisotopic (exact) mass is 273 g/mol. The molecule has 19 heavy (non-hydrogen) atoms. The number of rotatable bonds is 3. The van der Waals surface area contributed by atoms with Gasteiger partial charge >= 0.3 is 0 Å². The highest BCUT2D eigenvalue weighted by atomic mass is 32.2. The lowest BCUT2D eigenvalue weighted by Gasteiger charge is -2.07. The largest absolute Gasteiger partial charge is 0.398 e. The Kier molecular flexibility index (Phi) is 3.47. The average molecular weight is 273 g/mol. The Bertz CT molecular complexity index is 610. The molecule has 0 bridgehead atoms. The molecule has 0 spiro atoms. The molecule has 1 nitrogen and oxygen atoms in total. The van der Waals surface area contributed by atoms with Crippen molar-refractivity contribution in [2.45, 2.75) is 29.9 Å². The molecular formula is C16H16FNS. The number of thioether (sulfide) groups is 1. The van der Waals surface area contributed by atoms with Gasteiger partial charge in [0.1, 0.15) is 5.82 Å². The highest BCUT2D eigenvalue weighted by Crippen LogP contribution is 2.30. The molecule has 2 aromatic carbocycles. The fourth-order valence-electron chi connectivity index (χ4n) is 2.51. The number of nitrogen functional groups attached to an aromatic ring is 1. The van der Waals surface area contributed by atoms with Crippen LogP contribution in [0.25, 0.3) is 0 Å². The number of benzene rings is 2. The molecule has 3 rings (SSSR count). The van der Waals surface area contributed by atoms with E-state index >= 15 is 0 Å². The molecule has 0 aromatic heterocycles. The molecule has 0 saturated carbocycles. The van der Waals surface area contributed by atoms with E-state index in [4.69, 9.17) is 5.73 Å². The maximum absolute atomic E-state index is 13.2. The first-order chi connectivity index (χ1) is 9.22. The summed E-state index contributed by atoms with van der Waals surface area (Å²) in [5.74, 6) is 0.603. The van der Waals surface area contributed by atoms with Gasteiger partial charge in [-0.05, 0) is 54.2 Å². The quantitative estimate of drug-likeness (QED) is 0.670. The van der Waals surface area contributed by atoms with Gasteiger partial charge in [-0.1, -0.05) is 18.2 Å². The number of hydrogen-bond donors (Lipinski definition) is 1. The Morgan fingerprint density at radius 2 is 1.89 bits per heavy atom. The van der Waals surface area contributed by atoms with Crippen molar-refractivity contribution in [1.29, 1.82) is 0 Å². The second-order valence-corrected chi connectivity index (χ2v) is 5.94. The van der Waals surface area contributed by atoms with Crippen LogP contribution in [0, 0.1) is 5.82 Å². The minimum Gasteiger partial charge on any atom is -0.398 e.